The highest BCUT2D eigenvalue weighted by atomic mass is 16.8. The van der Waals surface area contributed by atoms with E-state index in [1.54, 1.807) is 30.6 Å². The molecule has 3 aliphatic rings. The second kappa shape index (κ2) is 7.96. The number of fused-ring (bicyclic) bond motifs is 2. The minimum absolute atomic E-state index is 0.174. The molecule has 168 valence electrons. The van der Waals surface area contributed by atoms with Crippen LogP contribution in [0.2, 0.25) is 0 Å². The summed E-state index contributed by atoms with van der Waals surface area (Å²) in [6, 6.07) is 7.10. The largest absolute Gasteiger partial charge is 0.508 e. The summed E-state index contributed by atoms with van der Waals surface area (Å²) < 4.78 is 20.3. The van der Waals surface area contributed by atoms with Gasteiger partial charge in [0.25, 0.3) is 0 Å². The highest BCUT2D eigenvalue weighted by molar-refractivity contribution is 5.82. The second-order valence-corrected chi connectivity index (χ2v) is 8.54. The van der Waals surface area contributed by atoms with Crippen molar-refractivity contribution in [2.24, 2.45) is 0 Å². The number of aliphatic hydroxyl groups excluding tert-OH is 1. The molecule has 32 heavy (non-hydrogen) atoms. The summed E-state index contributed by atoms with van der Waals surface area (Å²) in [5.41, 5.74) is 2.11. The average molecular weight is 439 g/mol. The van der Waals surface area contributed by atoms with Crippen molar-refractivity contribution in [3.8, 4) is 5.75 Å². The molecule has 3 N–H and O–H groups in total. The minimum Gasteiger partial charge on any atom is -0.508 e. The molecule has 3 fully saturated rings. The van der Waals surface area contributed by atoms with Crippen LogP contribution >= 0.6 is 0 Å². The summed E-state index contributed by atoms with van der Waals surface area (Å²) in [6.45, 7) is -0.195. The van der Waals surface area contributed by atoms with E-state index in [0.717, 1.165) is 24.2 Å². The van der Waals surface area contributed by atoms with Crippen molar-refractivity contribution in [1.82, 2.24) is 19.5 Å². The summed E-state index contributed by atoms with van der Waals surface area (Å²) >= 11 is 0. The van der Waals surface area contributed by atoms with E-state index in [1.165, 1.54) is 19.2 Å². The van der Waals surface area contributed by atoms with Crippen molar-refractivity contribution in [2.45, 2.75) is 62.6 Å². The lowest BCUT2D eigenvalue weighted by Crippen LogP contribution is -2.30. The number of phenolic OH excluding ortho intramolecular Hbond substituents is 1. The maximum Gasteiger partial charge on any atom is 0.185 e. The SMILES string of the molecule is OC[C@H]1OC(n2cnc3c(NC4CCCC4)ncnc32)C2OC(c3ccc(O)cc3)O[C@@H]21. The molecule has 3 unspecified atom stereocenters. The van der Waals surface area contributed by atoms with Gasteiger partial charge in [-0.3, -0.25) is 4.57 Å². The Hall–Kier alpha value is -2.79. The van der Waals surface area contributed by atoms with Gasteiger partial charge in [0.05, 0.1) is 12.9 Å². The molecule has 2 aliphatic heterocycles. The van der Waals surface area contributed by atoms with E-state index in [1.807, 2.05) is 4.57 Å². The number of imidazole rings is 1. The quantitative estimate of drug-likeness (QED) is 0.549. The van der Waals surface area contributed by atoms with Crippen molar-refractivity contribution in [2.75, 3.05) is 11.9 Å². The lowest BCUT2D eigenvalue weighted by molar-refractivity contribution is -0.153. The fraction of sp³-hybridized carbons (Fsp3) is 0.500. The third-order valence-electron chi connectivity index (χ3n) is 6.52. The number of rotatable bonds is 5. The summed E-state index contributed by atoms with van der Waals surface area (Å²) in [4.78, 5) is 13.4. The third-order valence-corrected chi connectivity index (χ3v) is 6.52. The van der Waals surface area contributed by atoms with Crippen LogP contribution in [0.3, 0.4) is 0 Å². The maximum absolute atomic E-state index is 9.88. The second-order valence-electron chi connectivity index (χ2n) is 8.54. The fourth-order valence-electron chi connectivity index (χ4n) is 4.90. The lowest BCUT2D eigenvalue weighted by Gasteiger charge is -2.21. The van der Waals surface area contributed by atoms with Gasteiger partial charge in [0, 0.05) is 11.6 Å². The third kappa shape index (κ3) is 3.30. The first-order chi connectivity index (χ1) is 15.7. The van der Waals surface area contributed by atoms with Gasteiger partial charge in [0.15, 0.2) is 29.5 Å². The number of ether oxygens (including phenoxy) is 3. The molecule has 2 saturated heterocycles. The topological polar surface area (TPSA) is 124 Å². The van der Waals surface area contributed by atoms with Crippen LogP contribution in [-0.2, 0) is 14.2 Å². The summed E-state index contributed by atoms with van der Waals surface area (Å²) in [5, 5.41) is 22.9. The molecule has 0 bridgehead atoms. The minimum atomic E-state index is -0.616. The Morgan fingerprint density at radius 2 is 1.78 bits per heavy atom. The highest BCUT2D eigenvalue weighted by Crippen LogP contribution is 2.45. The molecular weight excluding hydrogens is 414 g/mol. The van der Waals surface area contributed by atoms with Crippen LogP contribution in [0.15, 0.2) is 36.9 Å². The smallest absolute Gasteiger partial charge is 0.185 e. The summed E-state index contributed by atoms with van der Waals surface area (Å²) in [5.74, 6) is 0.896. The number of anilines is 1. The predicted octanol–water partition coefficient (Wildman–Crippen LogP) is 2.26. The van der Waals surface area contributed by atoms with E-state index < -0.39 is 30.8 Å². The van der Waals surface area contributed by atoms with Crippen molar-refractivity contribution < 1.29 is 24.4 Å². The maximum atomic E-state index is 9.88. The van der Waals surface area contributed by atoms with Gasteiger partial charge in [-0.25, -0.2) is 15.0 Å². The van der Waals surface area contributed by atoms with E-state index in [9.17, 15) is 10.2 Å². The van der Waals surface area contributed by atoms with Gasteiger partial charge < -0.3 is 29.7 Å². The number of aromatic hydroxyl groups is 1. The molecule has 2 aromatic heterocycles. The van der Waals surface area contributed by atoms with Gasteiger partial charge in [0.2, 0.25) is 0 Å². The van der Waals surface area contributed by atoms with E-state index in [4.69, 9.17) is 14.2 Å². The van der Waals surface area contributed by atoms with Gasteiger partial charge in [-0.2, -0.15) is 0 Å². The normalized spacial score (nSPS) is 30.2. The molecule has 3 aromatic rings. The van der Waals surface area contributed by atoms with Crippen LogP contribution in [0.5, 0.6) is 5.75 Å². The van der Waals surface area contributed by atoms with Crippen LogP contribution in [-0.4, -0.2) is 60.7 Å². The zero-order valence-electron chi connectivity index (χ0n) is 17.4. The molecule has 1 aliphatic carbocycles. The molecule has 1 saturated carbocycles. The molecule has 4 heterocycles. The Morgan fingerprint density at radius 3 is 2.56 bits per heavy atom. The number of hydrogen-bond donors (Lipinski definition) is 3. The van der Waals surface area contributed by atoms with Crippen molar-refractivity contribution in [3.63, 3.8) is 0 Å². The molecule has 1 aromatic carbocycles. The lowest BCUT2D eigenvalue weighted by atomic mass is 10.1. The average Bonchev–Trinajstić information content (AvgIpc) is 3.58. The first kappa shape index (κ1) is 19.9. The molecular formula is C22H25N5O5. The van der Waals surface area contributed by atoms with E-state index in [-0.39, 0.29) is 12.4 Å². The zero-order valence-corrected chi connectivity index (χ0v) is 17.4. The first-order valence-corrected chi connectivity index (χ1v) is 11.0. The number of benzene rings is 1. The Bertz CT molecular complexity index is 1100. The van der Waals surface area contributed by atoms with Crippen LogP contribution in [0.1, 0.15) is 43.8 Å². The van der Waals surface area contributed by atoms with Gasteiger partial charge in [-0.1, -0.05) is 25.0 Å². The van der Waals surface area contributed by atoms with E-state index in [2.05, 4.69) is 20.3 Å². The molecule has 0 spiro atoms. The van der Waals surface area contributed by atoms with Gasteiger partial charge in [-0.15, -0.1) is 0 Å². The molecule has 5 atom stereocenters. The number of nitrogens with zero attached hydrogens (tertiary/aromatic N) is 4. The standard InChI is InChI=1S/C22H25N5O5/c28-9-15-17-18(32-22(31-17)12-5-7-14(29)8-6-12)21(30-15)27-11-25-16-19(23-10-24-20(16)27)26-13-3-1-2-4-13/h5-8,10-11,13,15,17-18,21-22,28-29H,1-4,9H2,(H,23,24,26)/t15-,17-,18?,21?,22?/m1/s1. The number of nitrogens with one attached hydrogen (secondary N) is 1. The predicted molar refractivity (Wildman–Crippen MR) is 113 cm³/mol. The van der Waals surface area contributed by atoms with Crippen LogP contribution in [0, 0.1) is 0 Å². The highest BCUT2D eigenvalue weighted by Gasteiger charge is 2.53. The van der Waals surface area contributed by atoms with Gasteiger partial charge >= 0.3 is 0 Å². The number of hydrogen-bond acceptors (Lipinski definition) is 9. The van der Waals surface area contributed by atoms with E-state index in [0.29, 0.717) is 17.2 Å². The molecule has 0 amide bonds. The number of aliphatic hydroxyl groups is 1. The zero-order chi connectivity index (χ0) is 21.7. The Balaban J connectivity index is 1.30. The summed E-state index contributed by atoms with van der Waals surface area (Å²) in [7, 11) is 0. The van der Waals surface area contributed by atoms with Crippen LogP contribution in [0.25, 0.3) is 11.2 Å². The molecule has 0 radical (unpaired) electrons. The van der Waals surface area contributed by atoms with E-state index >= 15 is 0 Å². The van der Waals surface area contributed by atoms with Crippen molar-refractivity contribution >= 4 is 17.0 Å². The van der Waals surface area contributed by atoms with Gasteiger partial charge in [-0.05, 0) is 25.0 Å². The molecule has 10 heteroatoms. The van der Waals surface area contributed by atoms with Crippen molar-refractivity contribution in [1.29, 1.82) is 0 Å². The number of aromatic nitrogens is 4. The Kier molecular flexibility index (Phi) is 4.94. The monoisotopic (exact) mass is 439 g/mol. The molecule has 10 nitrogen and oxygen atoms in total. The Morgan fingerprint density at radius 1 is 1.00 bits per heavy atom. The summed E-state index contributed by atoms with van der Waals surface area (Å²) in [6.07, 6.45) is 5.30. The van der Waals surface area contributed by atoms with Gasteiger partial charge in [0.1, 0.15) is 30.4 Å². The fourth-order valence-corrected chi connectivity index (χ4v) is 4.90. The Labute approximate surface area is 184 Å². The van der Waals surface area contributed by atoms with Crippen molar-refractivity contribution in [3.05, 3.63) is 42.5 Å². The first-order valence-electron chi connectivity index (χ1n) is 11.0. The van der Waals surface area contributed by atoms with Crippen LogP contribution < -0.4 is 5.32 Å². The molecule has 6 rings (SSSR count). The number of phenols is 1. The van der Waals surface area contributed by atoms with Crippen LogP contribution in [0.4, 0.5) is 5.82 Å².